The fourth-order valence-corrected chi connectivity index (χ4v) is 2.41. The number of nitrogens with zero attached hydrogens (tertiary/aromatic N) is 1. The summed E-state index contributed by atoms with van der Waals surface area (Å²) >= 11 is 3.44. The van der Waals surface area contributed by atoms with E-state index in [9.17, 15) is 4.79 Å². The molecule has 0 radical (unpaired) electrons. The summed E-state index contributed by atoms with van der Waals surface area (Å²) in [7, 11) is 0. The average Bonchev–Trinajstić information content (AvgIpc) is 2.39. The van der Waals surface area contributed by atoms with Gasteiger partial charge in [-0.3, -0.25) is 4.79 Å². The third-order valence-electron chi connectivity index (χ3n) is 2.98. The molecule has 0 spiro atoms. The summed E-state index contributed by atoms with van der Waals surface area (Å²) in [5.41, 5.74) is 1.91. The van der Waals surface area contributed by atoms with Crippen molar-refractivity contribution in [3.05, 3.63) is 33.8 Å². The molecule has 1 aliphatic heterocycles. The summed E-state index contributed by atoms with van der Waals surface area (Å²) in [4.78, 5) is 14.2. The summed E-state index contributed by atoms with van der Waals surface area (Å²) in [6.45, 7) is 4.74. The lowest BCUT2D eigenvalue weighted by atomic mass is 10.0. The van der Waals surface area contributed by atoms with Crippen LogP contribution in [0.25, 0.3) is 0 Å². The topological polar surface area (TPSA) is 29.5 Å². The summed E-state index contributed by atoms with van der Waals surface area (Å²) < 4.78 is 6.28. The van der Waals surface area contributed by atoms with Gasteiger partial charge in [-0.05, 0) is 30.2 Å². The highest BCUT2D eigenvalue weighted by Crippen LogP contribution is 2.19. The molecule has 0 atom stereocenters. The molecule has 0 N–H and O–H groups in total. The van der Waals surface area contributed by atoms with Crippen LogP contribution in [0.1, 0.15) is 22.8 Å². The van der Waals surface area contributed by atoms with Crippen LogP contribution in [0.4, 0.5) is 0 Å². The van der Waals surface area contributed by atoms with Crippen molar-refractivity contribution in [2.75, 3.05) is 26.3 Å². The second kappa shape index (κ2) is 5.65. The maximum atomic E-state index is 12.3. The standard InChI is InChI=1S/C13H16BrNO2/c1-2-10-9-11(14)3-4-12(10)13(16)15-5-7-17-8-6-15/h3-4,9H,2,5-8H2,1H3. The highest BCUT2D eigenvalue weighted by molar-refractivity contribution is 9.10. The summed E-state index contributed by atoms with van der Waals surface area (Å²) in [6.07, 6.45) is 0.866. The molecule has 1 aromatic carbocycles. The molecule has 1 heterocycles. The van der Waals surface area contributed by atoms with E-state index in [0.29, 0.717) is 26.3 Å². The van der Waals surface area contributed by atoms with E-state index >= 15 is 0 Å². The van der Waals surface area contributed by atoms with E-state index in [4.69, 9.17) is 4.74 Å². The van der Waals surface area contributed by atoms with Gasteiger partial charge in [0.1, 0.15) is 0 Å². The minimum absolute atomic E-state index is 0.123. The van der Waals surface area contributed by atoms with Gasteiger partial charge in [0.05, 0.1) is 13.2 Å². The number of carbonyl (C=O) groups is 1. The summed E-state index contributed by atoms with van der Waals surface area (Å²) in [5, 5.41) is 0. The molecule has 1 saturated heterocycles. The van der Waals surface area contributed by atoms with Crippen LogP contribution in [0.3, 0.4) is 0 Å². The maximum absolute atomic E-state index is 12.3. The molecule has 3 nitrogen and oxygen atoms in total. The lowest BCUT2D eigenvalue weighted by molar-refractivity contribution is 0.0302. The molecular formula is C13H16BrNO2. The number of hydrogen-bond acceptors (Lipinski definition) is 2. The molecule has 92 valence electrons. The lowest BCUT2D eigenvalue weighted by Crippen LogP contribution is -2.41. The van der Waals surface area contributed by atoms with Crippen molar-refractivity contribution in [1.82, 2.24) is 4.90 Å². The van der Waals surface area contributed by atoms with E-state index in [2.05, 4.69) is 22.9 Å². The smallest absolute Gasteiger partial charge is 0.254 e. The molecule has 1 amide bonds. The number of aryl methyl sites for hydroxylation is 1. The van der Waals surface area contributed by atoms with Crippen molar-refractivity contribution in [3.8, 4) is 0 Å². The minimum atomic E-state index is 0.123. The SMILES string of the molecule is CCc1cc(Br)ccc1C(=O)N1CCOCC1. The number of benzene rings is 1. The van der Waals surface area contributed by atoms with Crippen molar-refractivity contribution >= 4 is 21.8 Å². The molecule has 0 saturated carbocycles. The van der Waals surface area contributed by atoms with Crippen LogP contribution in [0.5, 0.6) is 0 Å². The molecule has 1 fully saturated rings. The zero-order chi connectivity index (χ0) is 12.3. The highest BCUT2D eigenvalue weighted by Gasteiger charge is 2.20. The van der Waals surface area contributed by atoms with Crippen LogP contribution in [-0.2, 0) is 11.2 Å². The van der Waals surface area contributed by atoms with Gasteiger partial charge in [-0.2, -0.15) is 0 Å². The number of amides is 1. The fraction of sp³-hybridized carbons (Fsp3) is 0.462. The van der Waals surface area contributed by atoms with Gasteiger partial charge < -0.3 is 9.64 Å². The molecule has 0 aliphatic carbocycles. The third kappa shape index (κ3) is 2.87. The van der Waals surface area contributed by atoms with Crippen molar-refractivity contribution < 1.29 is 9.53 Å². The van der Waals surface area contributed by atoms with Crippen LogP contribution >= 0.6 is 15.9 Å². The van der Waals surface area contributed by atoms with E-state index < -0.39 is 0 Å². The molecule has 2 rings (SSSR count). The zero-order valence-corrected chi connectivity index (χ0v) is 11.5. The molecule has 0 aromatic heterocycles. The minimum Gasteiger partial charge on any atom is -0.378 e. The first-order valence-electron chi connectivity index (χ1n) is 5.88. The number of ether oxygens (including phenoxy) is 1. The number of hydrogen-bond donors (Lipinski definition) is 0. The van der Waals surface area contributed by atoms with Gasteiger partial charge in [0.15, 0.2) is 0 Å². The van der Waals surface area contributed by atoms with Gasteiger partial charge in [-0.1, -0.05) is 22.9 Å². The Kier molecular flexibility index (Phi) is 4.18. The highest BCUT2D eigenvalue weighted by atomic mass is 79.9. The van der Waals surface area contributed by atoms with Crippen molar-refractivity contribution in [1.29, 1.82) is 0 Å². The Morgan fingerprint density at radius 2 is 2.12 bits per heavy atom. The van der Waals surface area contributed by atoms with Gasteiger partial charge in [0.25, 0.3) is 5.91 Å². The number of carbonyl (C=O) groups excluding carboxylic acids is 1. The van der Waals surface area contributed by atoms with E-state index in [1.165, 1.54) is 0 Å². The van der Waals surface area contributed by atoms with E-state index in [0.717, 1.165) is 22.0 Å². The Hall–Kier alpha value is -0.870. The van der Waals surface area contributed by atoms with Crippen molar-refractivity contribution in [3.63, 3.8) is 0 Å². The Bertz CT molecular complexity index is 414. The Morgan fingerprint density at radius 3 is 2.76 bits per heavy atom. The monoisotopic (exact) mass is 297 g/mol. The zero-order valence-electron chi connectivity index (χ0n) is 9.91. The van der Waals surface area contributed by atoms with E-state index in [-0.39, 0.29) is 5.91 Å². The first kappa shape index (κ1) is 12.6. The summed E-state index contributed by atoms with van der Waals surface area (Å²) in [6, 6.07) is 5.85. The lowest BCUT2D eigenvalue weighted by Gasteiger charge is -2.27. The van der Waals surface area contributed by atoms with Gasteiger partial charge in [-0.15, -0.1) is 0 Å². The first-order chi connectivity index (χ1) is 8.22. The molecule has 0 unspecified atom stereocenters. The predicted octanol–water partition coefficient (Wildman–Crippen LogP) is 2.48. The largest absolute Gasteiger partial charge is 0.378 e. The van der Waals surface area contributed by atoms with Gasteiger partial charge >= 0.3 is 0 Å². The van der Waals surface area contributed by atoms with Crippen LogP contribution in [0.15, 0.2) is 22.7 Å². The van der Waals surface area contributed by atoms with Crippen LogP contribution in [0, 0.1) is 0 Å². The van der Waals surface area contributed by atoms with Gasteiger partial charge in [-0.25, -0.2) is 0 Å². The summed E-state index contributed by atoms with van der Waals surface area (Å²) in [5.74, 6) is 0.123. The molecule has 0 bridgehead atoms. The molecular weight excluding hydrogens is 282 g/mol. The Labute approximate surface area is 110 Å². The molecule has 17 heavy (non-hydrogen) atoms. The Morgan fingerprint density at radius 1 is 1.41 bits per heavy atom. The number of morpholine rings is 1. The maximum Gasteiger partial charge on any atom is 0.254 e. The Balaban J connectivity index is 2.23. The van der Waals surface area contributed by atoms with E-state index in [1.54, 1.807) is 0 Å². The number of halogens is 1. The van der Waals surface area contributed by atoms with Crippen LogP contribution < -0.4 is 0 Å². The first-order valence-corrected chi connectivity index (χ1v) is 6.67. The molecule has 1 aliphatic rings. The predicted molar refractivity (Wildman–Crippen MR) is 70.2 cm³/mol. The molecule has 4 heteroatoms. The van der Waals surface area contributed by atoms with Gasteiger partial charge in [0, 0.05) is 23.1 Å². The normalized spacial score (nSPS) is 16.0. The fourth-order valence-electron chi connectivity index (χ4n) is 2.00. The average molecular weight is 298 g/mol. The van der Waals surface area contributed by atoms with Crippen LogP contribution in [-0.4, -0.2) is 37.1 Å². The third-order valence-corrected chi connectivity index (χ3v) is 3.47. The molecule has 1 aromatic rings. The quantitative estimate of drug-likeness (QED) is 0.839. The number of rotatable bonds is 2. The van der Waals surface area contributed by atoms with E-state index in [1.807, 2.05) is 23.1 Å². The second-order valence-electron chi connectivity index (χ2n) is 4.06. The second-order valence-corrected chi connectivity index (χ2v) is 4.98. The van der Waals surface area contributed by atoms with Crippen molar-refractivity contribution in [2.24, 2.45) is 0 Å². The van der Waals surface area contributed by atoms with Crippen LogP contribution in [0.2, 0.25) is 0 Å². The van der Waals surface area contributed by atoms with Crippen molar-refractivity contribution in [2.45, 2.75) is 13.3 Å². The van der Waals surface area contributed by atoms with Gasteiger partial charge in [0.2, 0.25) is 0 Å².